The summed E-state index contributed by atoms with van der Waals surface area (Å²) in [5, 5.41) is 16.9. The maximum Gasteiger partial charge on any atom is 0.172 e. The van der Waals surface area contributed by atoms with Gasteiger partial charge in [-0.3, -0.25) is 0 Å². The summed E-state index contributed by atoms with van der Waals surface area (Å²) in [6.45, 7) is -0.622. The van der Waals surface area contributed by atoms with E-state index in [9.17, 15) is 13.2 Å². The average Bonchev–Trinajstić information content (AvgIpc) is 2.09. The average molecular weight is 193 g/mol. The zero-order valence-corrected chi connectivity index (χ0v) is 6.31. The van der Waals surface area contributed by atoms with Crippen LogP contribution >= 0.6 is 0 Å². The Labute approximate surface area is 71.4 Å². The van der Waals surface area contributed by atoms with Gasteiger partial charge >= 0.3 is 0 Å². The number of phenols is 1. The number of hydroxylamine groups is 1. The first kappa shape index (κ1) is 9.82. The van der Waals surface area contributed by atoms with Gasteiger partial charge in [0.1, 0.15) is 0 Å². The zero-order chi connectivity index (χ0) is 10.0. The third-order valence-corrected chi connectivity index (χ3v) is 1.48. The van der Waals surface area contributed by atoms with Gasteiger partial charge in [0, 0.05) is 11.6 Å². The lowest BCUT2D eigenvalue weighted by molar-refractivity contribution is 0.158. The number of phenolic OH excluding ortho intramolecular Hbond substituents is 1. The van der Waals surface area contributed by atoms with E-state index in [1.165, 1.54) is 5.48 Å². The molecule has 0 saturated carbocycles. The minimum Gasteiger partial charge on any atom is -0.505 e. The smallest absolute Gasteiger partial charge is 0.172 e. The summed E-state index contributed by atoms with van der Waals surface area (Å²) in [4.78, 5) is 0. The quantitative estimate of drug-likeness (QED) is 0.490. The van der Waals surface area contributed by atoms with E-state index in [2.05, 4.69) is 0 Å². The van der Waals surface area contributed by atoms with Gasteiger partial charge in [0.15, 0.2) is 23.2 Å². The number of rotatable bonds is 2. The molecule has 0 fully saturated rings. The summed E-state index contributed by atoms with van der Waals surface area (Å²) < 4.78 is 38.1. The summed E-state index contributed by atoms with van der Waals surface area (Å²) in [6.07, 6.45) is 0. The fourth-order valence-corrected chi connectivity index (χ4v) is 0.876. The Morgan fingerprint density at radius 1 is 1.23 bits per heavy atom. The molecule has 6 heteroatoms. The van der Waals surface area contributed by atoms with Gasteiger partial charge in [0.25, 0.3) is 0 Å². The van der Waals surface area contributed by atoms with Crippen molar-refractivity contribution in [3.05, 3.63) is 29.1 Å². The van der Waals surface area contributed by atoms with E-state index in [0.717, 1.165) is 0 Å². The lowest BCUT2D eigenvalue weighted by atomic mass is 10.2. The summed E-state index contributed by atoms with van der Waals surface area (Å²) in [6, 6.07) is 0.325. The highest BCUT2D eigenvalue weighted by atomic mass is 19.2. The molecule has 3 nitrogen and oxygen atoms in total. The van der Waals surface area contributed by atoms with E-state index in [0.29, 0.717) is 6.07 Å². The van der Waals surface area contributed by atoms with Crippen LogP contribution in [0.4, 0.5) is 13.2 Å². The Morgan fingerprint density at radius 3 is 2.38 bits per heavy atom. The second-order valence-corrected chi connectivity index (χ2v) is 2.32. The van der Waals surface area contributed by atoms with Crippen LogP contribution in [0.5, 0.6) is 5.75 Å². The van der Waals surface area contributed by atoms with Crippen molar-refractivity contribution in [2.24, 2.45) is 0 Å². The van der Waals surface area contributed by atoms with Gasteiger partial charge in [-0.15, -0.1) is 0 Å². The van der Waals surface area contributed by atoms with Crippen LogP contribution in [0.2, 0.25) is 0 Å². The van der Waals surface area contributed by atoms with Gasteiger partial charge in [0.05, 0.1) is 6.54 Å². The van der Waals surface area contributed by atoms with Gasteiger partial charge in [-0.25, -0.2) is 18.7 Å². The van der Waals surface area contributed by atoms with E-state index in [1.807, 2.05) is 0 Å². The molecule has 1 aromatic carbocycles. The normalized spacial score (nSPS) is 10.5. The molecule has 72 valence electrons. The number of hydrogen-bond donors (Lipinski definition) is 3. The summed E-state index contributed by atoms with van der Waals surface area (Å²) in [7, 11) is 0. The number of nitrogens with one attached hydrogen (secondary N) is 1. The molecule has 0 radical (unpaired) electrons. The number of halogens is 3. The highest BCUT2D eigenvalue weighted by Gasteiger charge is 2.17. The van der Waals surface area contributed by atoms with Crippen LogP contribution in [0.25, 0.3) is 0 Å². The third-order valence-electron chi connectivity index (χ3n) is 1.48. The molecule has 0 spiro atoms. The van der Waals surface area contributed by atoms with Crippen molar-refractivity contribution in [3.8, 4) is 5.75 Å². The summed E-state index contributed by atoms with van der Waals surface area (Å²) in [5.74, 6) is -5.09. The Balaban J connectivity index is 3.28. The van der Waals surface area contributed by atoms with Crippen molar-refractivity contribution >= 4 is 0 Å². The van der Waals surface area contributed by atoms with Gasteiger partial charge in [-0.1, -0.05) is 0 Å². The number of aromatic hydroxyl groups is 1. The van der Waals surface area contributed by atoms with E-state index in [4.69, 9.17) is 10.3 Å². The largest absolute Gasteiger partial charge is 0.505 e. The monoisotopic (exact) mass is 193 g/mol. The maximum absolute atomic E-state index is 12.8. The molecule has 0 atom stereocenters. The highest BCUT2D eigenvalue weighted by Crippen LogP contribution is 2.24. The van der Waals surface area contributed by atoms with Crippen LogP contribution in [0.3, 0.4) is 0 Å². The van der Waals surface area contributed by atoms with Crippen molar-refractivity contribution in [1.29, 1.82) is 0 Å². The lowest BCUT2D eigenvalue weighted by Crippen LogP contribution is -2.11. The number of hydrogen-bond acceptors (Lipinski definition) is 3. The van der Waals surface area contributed by atoms with Crippen molar-refractivity contribution < 1.29 is 23.5 Å². The van der Waals surface area contributed by atoms with Crippen LogP contribution in [0, 0.1) is 17.5 Å². The van der Waals surface area contributed by atoms with Gasteiger partial charge in [-0.2, -0.15) is 0 Å². The molecular formula is C7H6F3NO2. The minimum atomic E-state index is -1.43. The Kier molecular flexibility index (Phi) is 2.74. The molecule has 0 aliphatic carbocycles. The van der Waals surface area contributed by atoms with Crippen LogP contribution in [0.15, 0.2) is 6.07 Å². The molecule has 0 aliphatic heterocycles. The fraction of sp³-hybridized carbons (Fsp3) is 0.143. The first-order chi connectivity index (χ1) is 6.07. The molecular weight excluding hydrogens is 187 g/mol. The number of benzene rings is 1. The molecule has 13 heavy (non-hydrogen) atoms. The lowest BCUT2D eigenvalue weighted by Gasteiger charge is -2.05. The Morgan fingerprint density at radius 2 is 1.85 bits per heavy atom. The zero-order valence-electron chi connectivity index (χ0n) is 6.31. The van der Waals surface area contributed by atoms with Crippen LogP contribution in [-0.4, -0.2) is 10.3 Å². The van der Waals surface area contributed by atoms with Crippen molar-refractivity contribution in [2.45, 2.75) is 6.54 Å². The topological polar surface area (TPSA) is 52.5 Å². The fourth-order valence-electron chi connectivity index (χ4n) is 0.876. The molecule has 3 N–H and O–H groups in total. The van der Waals surface area contributed by atoms with Gasteiger partial charge in [0.2, 0.25) is 0 Å². The molecule has 1 aromatic rings. The first-order valence-electron chi connectivity index (χ1n) is 3.30. The molecule has 1 rings (SSSR count). The van der Waals surface area contributed by atoms with Crippen molar-refractivity contribution in [1.82, 2.24) is 5.48 Å². The van der Waals surface area contributed by atoms with Crippen molar-refractivity contribution in [3.63, 3.8) is 0 Å². The highest BCUT2D eigenvalue weighted by molar-refractivity contribution is 5.32. The van der Waals surface area contributed by atoms with E-state index in [-0.39, 0.29) is 0 Å². The predicted octanol–water partition coefficient (Wildman–Crippen LogP) is 1.29. The molecule has 0 amide bonds. The van der Waals surface area contributed by atoms with E-state index < -0.39 is 35.3 Å². The second kappa shape index (κ2) is 3.63. The maximum atomic E-state index is 12.8. The summed E-state index contributed by atoms with van der Waals surface area (Å²) >= 11 is 0. The standard InChI is InChI=1S/C7H6F3NO2/c8-4-1-5(12)7(10)3(2-11-13)6(4)9/h1,11-13H,2H2. The molecule has 0 saturated heterocycles. The van der Waals surface area contributed by atoms with Gasteiger partial charge < -0.3 is 10.3 Å². The molecule has 0 heterocycles. The second-order valence-electron chi connectivity index (χ2n) is 2.32. The Bertz CT molecular complexity index is 304. The van der Waals surface area contributed by atoms with Crippen LogP contribution in [0.1, 0.15) is 5.56 Å². The van der Waals surface area contributed by atoms with Crippen LogP contribution < -0.4 is 5.48 Å². The van der Waals surface area contributed by atoms with Crippen LogP contribution in [-0.2, 0) is 6.54 Å². The predicted molar refractivity (Wildman–Crippen MR) is 36.6 cm³/mol. The Hall–Kier alpha value is -1.27. The third kappa shape index (κ3) is 1.73. The molecule has 0 bridgehead atoms. The molecule has 0 aliphatic rings. The van der Waals surface area contributed by atoms with E-state index >= 15 is 0 Å². The first-order valence-corrected chi connectivity index (χ1v) is 3.30. The van der Waals surface area contributed by atoms with Gasteiger partial charge in [-0.05, 0) is 0 Å². The molecule has 0 unspecified atom stereocenters. The summed E-state index contributed by atoms with van der Waals surface area (Å²) in [5.41, 5.74) is 0.712. The van der Waals surface area contributed by atoms with Crippen molar-refractivity contribution in [2.75, 3.05) is 0 Å². The SMILES string of the molecule is ONCc1c(F)c(O)cc(F)c1F. The van der Waals surface area contributed by atoms with E-state index in [1.54, 1.807) is 0 Å². The molecule has 0 aromatic heterocycles. The minimum absolute atomic E-state index is 0.325.